The Balaban J connectivity index is 1.88. The Morgan fingerprint density at radius 1 is 1.53 bits per heavy atom. The van der Waals surface area contributed by atoms with Crippen molar-refractivity contribution in [3.8, 4) is 0 Å². The van der Waals surface area contributed by atoms with Crippen LogP contribution in [0, 0.1) is 0 Å². The Hall–Kier alpha value is -1.77. The number of anilines is 1. The van der Waals surface area contributed by atoms with E-state index in [4.69, 9.17) is 0 Å². The first-order valence-electron chi connectivity index (χ1n) is 6.01. The van der Waals surface area contributed by atoms with Crippen molar-refractivity contribution in [2.24, 2.45) is 0 Å². The van der Waals surface area contributed by atoms with Crippen LogP contribution in [0.4, 0.5) is 5.69 Å². The molecular formula is C14H18N2O. The van der Waals surface area contributed by atoms with E-state index in [9.17, 15) is 4.79 Å². The maximum Gasteiger partial charge on any atom is 0.220 e. The van der Waals surface area contributed by atoms with Gasteiger partial charge in [0, 0.05) is 31.1 Å². The zero-order valence-electron chi connectivity index (χ0n) is 9.91. The molecule has 2 N–H and O–H groups in total. The van der Waals surface area contributed by atoms with E-state index < -0.39 is 0 Å². The van der Waals surface area contributed by atoms with E-state index in [0.29, 0.717) is 18.9 Å². The second-order valence-electron chi connectivity index (χ2n) is 4.30. The molecule has 0 saturated carbocycles. The van der Waals surface area contributed by atoms with E-state index in [2.05, 4.69) is 29.3 Å². The number of rotatable bonds is 5. The molecule has 0 saturated heterocycles. The molecule has 0 radical (unpaired) electrons. The lowest BCUT2D eigenvalue weighted by atomic mass is 9.97. The van der Waals surface area contributed by atoms with Crippen LogP contribution in [0.15, 0.2) is 36.9 Å². The molecule has 1 aliphatic heterocycles. The predicted octanol–water partition coefficient (Wildman–Crippen LogP) is 2.28. The van der Waals surface area contributed by atoms with Gasteiger partial charge >= 0.3 is 0 Å². The van der Waals surface area contributed by atoms with E-state index >= 15 is 0 Å². The van der Waals surface area contributed by atoms with Crippen LogP contribution in [0.3, 0.4) is 0 Å². The molecule has 0 aromatic heterocycles. The monoisotopic (exact) mass is 230 g/mol. The molecule has 0 bridgehead atoms. The van der Waals surface area contributed by atoms with Crippen molar-refractivity contribution in [3.63, 3.8) is 0 Å². The third-order valence-electron chi connectivity index (χ3n) is 3.04. The summed E-state index contributed by atoms with van der Waals surface area (Å²) in [5.74, 6) is 0.422. The van der Waals surface area contributed by atoms with Gasteiger partial charge in [-0.1, -0.05) is 24.3 Å². The van der Waals surface area contributed by atoms with Crippen LogP contribution in [-0.4, -0.2) is 19.0 Å². The first-order valence-corrected chi connectivity index (χ1v) is 6.01. The minimum absolute atomic E-state index is 0.121. The largest absolute Gasteiger partial charge is 0.384 e. The standard InChI is InChI=1S/C14H18N2O/c1-2-3-8-15-14(17)9-11-10-16-13-7-5-4-6-12(11)13/h2,4-7,11,16H,1,3,8-10H2,(H,15,17). The fraction of sp³-hybridized carbons (Fsp3) is 0.357. The van der Waals surface area contributed by atoms with Crippen LogP contribution in [0.1, 0.15) is 24.3 Å². The first-order chi connectivity index (χ1) is 8.31. The fourth-order valence-electron chi connectivity index (χ4n) is 2.15. The normalized spacial score (nSPS) is 17.1. The zero-order valence-corrected chi connectivity index (χ0v) is 9.91. The SMILES string of the molecule is C=CCCNC(=O)CC1CNc2ccccc21. The molecule has 1 aromatic rings. The Morgan fingerprint density at radius 3 is 3.18 bits per heavy atom. The summed E-state index contributed by atoms with van der Waals surface area (Å²) in [5.41, 5.74) is 2.42. The third-order valence-corrected chi connectivity index (χ3v) is 3.04. The van der Waals surface area contributed by atoms with Crippen LogP contribution >= 0.6 is 0 Å². The van der Waals surface area contributed by atoms with E-state index in [1.807, 2.05) is 18.2 Å². The molecule has 90 valence electrons. The van der Waals surface area contributed by atoms with Gasteiger partial charge in [0.1, 0.15) is 0 Å². The molecule has 2 rings (SSSR count). The lowest BCUT2D eigenvalue weighted by molar-refractivity contribution is -0.121. The van der Waals surface area contributed by atoms with Gasteiger partial charge in [-0.15, -0.1) is 6.58 Å². The average molecular weight is 230 g/mol. The number of hydrogen-bond acceptors (Lipinski definition) is 2. The molecule has 0 aliphatic carbocycles. The van der Waals surface area contributed by atoms with Crippen molar-refractivity contribution < 1.29 is 4.79 Å². The third kappa shape index (κ3) is 2.87. The average Bonchev–Trinajstić information content (AvgIpc) is 2.73. The summed E-state index contributed by atoms with van der Waals surface area (Å²) in [4.78, 5) is 11.7. The molecule has 3 heteroatoms. The summed E-state index contributed by atoms with van der Waals surface area (Å²) < 4.78 is 0. The van der Waals surface area contributed by atoms with Crippen LogP contribution in [0.25, 0.3) is 0 Å². The summed E-state index contributed by atoms with van der Waals surface area (Å²) in [6, 6.07) is 8.19. The lowest BCUT2D eigenvalue weighted by Gasteiger charge is -2.10. The zero-order chi connectivity index (χ0) is 12.1. The number of amides is 1. The summed E-state index contributed by atoms with van der Waals surface area (Å²) in [5, 5.41) is 6.23. The molecule has 0 fully saturated rings. The number of carbonyl (C=O) groups is 1. The molecule has 17 heavy (non-hydrogen) atoms. The maximum atomic E-state index is 11.7. The lowest BCUT2D eigenvalue weighted by Crippen LogP contribution is -2.26. The van der Waals surface area contributed by atoms with Crippen molar-refractivity contribution in [3.05, 3.63) is 42.5 Å². The van der Waals surface area contributed by atoms with Crippen molar-refractivity contribution in [2.45, 2.75) is 18.8 Å². The van der Waals surface area contributed by atoms with Gasteiger partial charge in [0.2, 0.25) is 5.91 Å². The number of para-hydroxylation sites is 1. The highest BCUT2D eigenvalue weighted by Gasteiger charge is 2.23. The highest BCUT2D eigenvalue weighted by Crippen LogP contribution is 2.32. The molecule has 1 heterocycles. The molecule has 3 nitrogen and oxygen atoms in total. The van der Waals surface area contributed by atoms with E-state index in [-0.39, 0.29) is 5.91 Å². The van der Waals surface area contributed by atoms with Crippen LogP contribution in [0.5, 0.6) is 0 Å². The quantitative estimate of drug-likeness (QED) is 0.602. The van der Waals surface area contributed by atoms with Gasteiger partial charge in [-0.25, -0.2) is 0 Å². The van der Waals surface area contributed by atoms with Crippen molar-refractivity contribution in [1.82, 2.24) is 5.32 Å². The Bertz CT molecular complexity index is 414. The predicted molar refractivity (Wildman–Crippen MR) is 70.1 cm³/mol. The second-order valence-corrected chi connectivity index (χ2v) is 4.30. The van der Waals surface area contributed by atoms with Gasteiger partial charge < -0.3 is 10.6 Å². The van der Waals surface area contributed by atoms with Crippen LogP contribution < -0.4 is 10.6 Å². The molecule has 1 aromatic carbocycles. The molecule has 0 spiro atoms. The molecule has 1 aliphatic rings. The minimum Gasteiger partial charge on any atom is -0.384 e. The smallest absolute Gasteiger partial charge is 0.220 e. The second kappa shape index (κ2) is 5.53. The van der Waals surface area contributed by atoms with Crippen molar-refractivity contribution in [1.29, 1.82) is 0 Å². The van der Waals surface area contributed by atoms with Gasteiger partial charge in [-0.3, -0.25) is 4.79 Å². The molecule has 1 unspecified atom stereocenters. The molecule has 1 atom stereocenters. The van der Waals surface area contributed by atoms with Crippen LogP contribution in [0.2, 0.25) is 0 Å². The Labute approximate surface area is 102 Å². The van der Waals surface area contributed by atoms with Crippen molar-refractivity contribution >= 4 is 11.6 Å². The Kier molecular flexibility index (Phi) is 3.81. The van der Waals surface area contributed by atoms with E-state index in [1.165, 1.54) is 5.56 Å². The highest BCUT2D eigenvalue weighted by atomic mass is 16.1. The summed E-state index contributed by atoms with van der Waals surface area (Å²) >= 11 is 0. The van der Waals surface area contributed by atoms with Crippen LogP contribution in [-0.2, 0) is 4.79 Å². The van der Waals surface area contributed by atoms with Gasteiger partial charge in [0.25, 0.3) is 0 Å². The number of hydrogen-bond donors (Lipinski definition) is 2. The fourth-order valence-corrected chi connectivity index (χ4v) is 2.15. The minimum atomic E-state index is 0.121. The summed E-state index contributed by atoms with van der Waals surface area (Å²) in [7, 11) is 0. The Morgan fingerprint density at radius 2 is 2.35 bits per heavy atom. The van der Waals surface area contributed by atoms with Gasteiger partial charge in [-0.05, 0) is 18.1 Å². The van der Waals surface area contributed by atoms with Gasteiger partial charge in [0.05, 0.1) is 0 Å². The first kappa shape index (κ1) is 11.7. The van der Waals surface area contributed by atoms with E-state index in [1.54, 1.807) is 0 Å². The van der Waals surface area contributed by atoms with Gasteiger partial charge in [-0.2, -0.15) is 0 Å². The summed E-state index contributed by atoms with van der Waals surface area (Å²) in [6.07, 6.45) is 3.19. The van der Waals surface area contributed by atoms with Gasteiger partial charge in [0.15, 0.2) is 0 Å². The highest BCUT2D eigenvalue weighted by molar-refractivity contribution is 5.78. The number of carbonyl (C=O) groups excluding carboxylic acids is 1. The summed E-state index contributed by atoms with van der Waals surface area (Å²) in [6.45, 7) is 5.17. The number of fused-ring (bicyclic) bond motifs is 1. The topological polar surface area (TPSA) is 41.1 Å². The van der Waals surface area contributed by atoms with E-state index in [0.717, 1.165) is 18.7 Å². The molecular weight excluding hydrogens is 212 g/mol. The number of benzene rings is 1. The number of nitrogens with one attached hydrogen (secondary N) is 2. The van der Waals surface area contributed by atoms with Crippen molar-refractivity contribution in [2.75, 3.05) is 18.4 Å². The molecule has 1 amide bonds. The maximum absolute atomic E-state index is 11.7.